The van der Waals surface area contributed by atoms with Crippen molar-refractivity contribution in [1.29, 1.82) is 0 Å². The number of anilines is 1. The monoisotopic (exact) mass is 425 g/mol. The SMILES string of the molecule is CCn1ccc2c(-c3c(C)c4c(c(F)c3F)NC(C)(C)c3nnc(C)n3-4)cc(F)cc21. The third-order valence-electron chi connectivity index (χ3n) is 6.11. The van der Waals surface area contributed by atoms with Crippen molar-refractivity contribution in [2.45, 2.75) is 46.7 Å². The van der Waals surface area contributed by atoms with Gasteiger partial charge in [0.25, 0.3) is 0 Å². The predicted octanol–water partition coefficient (Wildman–Crippen LogP) is 5.60. The molecule has 2 aromatic heterocycles. The summed E-state index contributed by atoms with van der Waals surface area (Å²) in [5.41, 5.74) is 1.22. The molecule has 1 aliphatic rings. The van der Waals surface area contributed by atoms with Gasteiger partial charge in [-0.15, -0.1) is 10.2 Å². The van der Waals surface area contributed by atoms with Crippen LogP contribution < -0.4 is 5.32 Å². The molecule has 0 unspecified atom stereocenters. The fraction of sp³-hybridized carbons (Fsp3) is 0.304. The van der Waals surface area contributed by atoms with Crippen LogP contribution in [0.15, 0.2) is 24.4 Å². The molecule has 0 bridgehead atoms. The largest absolute Gasteiger partial charge is 0.369 e. The molecule has 1 N–H and O–H groups in total. The minimum atomic E-state index is -1.01. The Balaban J connectivity index is 1.90. The summed E-state index contributed by atoms with van der Waals surface area (Å²) in [6, 6.07) is 4.48. The maximum atomic E-state index is 15.6. The van der Waals surface area contributed by atoms with Crippen molar-refractivity contribution < 1.29 is 13.2 Å². The summed E-state index contributed by atoms with van der Waals surface area (Å²) in [6.45, 7) is 9.73. The number of halogens is 3. The van der Waals surface area contributed by atoms with Gasteiger partial charge in [-0.1, -0.05) is 0 Å². The molecular formula is C23H22F3N5. The molecule has 5 rings (SSSR count). The molecule has 5 nitrogen and oxygen atoms in total. The lowest BCUT2D eigenvalue weighted by atomic mass is 9.91. The number of rotatable bonds is 2. The lowest BCUT2D eigenvalue weighted by Crippen LogP contribution is -2.37. The topological polar surface area (TPSA) is 47.7 Å². The fourth-order valence-electron chi connectivity index (χ4n) is 4.65. The number of aryl methyl sites for hydroxylation is 2. The summed E-state index contributed by atoms with van der Waals surface area (Å²) < 4.78 is 49.2. The first-order valence-electron chi connectivity index (χ1n) is 10.2. The Morgan fingerprint density at radius 1 is 1.06 bits per heavy atom. The molecule has 0 radical (unpaired) electrons. The summed E-state index contributed by atoms with van der Waals surface area (Å²) in [7, 11) is 0. The molecular weight excluding hydrogens is 403 g/mol. The molecule has 4 aromatic rings. The van der Waals surface area contributed by atoms with Crippen molar-refractivity contribution in [2.24, 2.45) is 0 Å². The number of nitrogens with one attached hydrogen (secondary N) is 1. The molecule has 0 amide bonds. The zero-order valence-electron chi connectivity index (χ0n) is 17.9. The normalized spacial score (nSPS) is 14.5. The van der Waals surface area contributed by atoms with Gasteiger partial charge < -0.3 is 9.88 Å². The average Bonchev–Trinajstić information content (AvgIpc) is 3.30. The first kappa shape index (κ1) is 19.7. The standard InChI is InChI=1S/C23H22F3N5/c1-6-30-8-7-14-15(9-13(24)10-16(14)30)17-11(2)21-20(19(26)18(17)25)27-23(4,5)22-29-28-12(3)31(21)22/h7-10,27H,6H2,1-5H3. The van der Waals surface area contributed by atoms with Crippen LogP contribution in [0.25, 0.3) is 27.7 Å². The number of hydrogen-bond donors (Lipinski definition) is 1. The van der Waals surface area contributed by atoms with Gasteiger partial charge in [-0.05, 0) is 63.9 Å². The molecule has 2 aromatic carbocycles. The van der Waals surface area contributed by atoms with E-state index < -0.39 is 23.0 Å². The van der Waals surface area contributed by atoms with Gasteiger partial charge in [0.1, 0.15) is 11.6 Å². The van der Waals surface area contributed by atoms with Crippen LogP contribution in [0.5, 0.6) is 0 Å². The second-order valence-electron chi connectivity index (χ2n) is 8.50. The summed E-state index contributed by atoms with van der Waals surface area (Å²) in [4.78, 5) is 0. The van der Waals surface area contributed by atoms with E-state index in [0.29, 0.717) is 45.9 Å². The third kappa shape index (κ3) is 2.57. The Bertz CT molecular complexity index is 1380. The molecule has 1 aliphatic heterocycles. The predicted molar refractivity (Wildman–Crippen MR) is 114 cm³/mol. The second-order valence-corrected chi connectivity index (χ2v) is 8.50. The fourth-order valence-corrected chi connectivity index (χ4v) is 4.65. The number of hydrogen-bond acceptors (Lipinski definition) is 3. The highest BCUT2D eigenvalue weighted by atomic mass is 19.2. The molecule has 3 heterocycles. The molecule has 0 spiro atoms. The van der Waals surface area contributed by atoms with Gasteiger partial charge in [0.05, 0.1) is 22.4 Å². The summed E-state index contributed by atoms with van der Waals surface area (Å²) in [5.74, 6) is -1.36. The zero-order valence-corrected chi connectivity index (χ0v) is 17.9. The molecule has 0 aliphatic carbocycles. The van der Waals surface area contributed by atoms with E-state index in [2.05, 4.69) is 15.5 Å². The number of benzene rings is 2. The van der Waals surface area contributed by atoms with E-state index in [1.807, 2.05) is 31.5 Å². The van der Waals surface area contributed by atoms with Crippen LogP contribution in [0.1, 0.15) is 38.0 Å². The lowest BCUT2D eigenvalue weighted by molar-refractivity contribution is 0.488. The first-order valence-corrected chi connectivity index (χ1v) is 10.2. The molecule has 0 saturated carbocycles. The van der Waals surface area contributed by atoms with Gasteiger partial charge in [-0.25, -0.2) is 13.2 Å². The smallest absolute Gasteiger partial charge is 0.184 e. The maximum Gasteiger partial charge on any atom is 0.184 e. The second kappa shape index (κ2) is 6.35. The molecule has 31 heavy (non-hydrogen) atoms. The van der Waals surface area contributed by atoms with Gasteiger partial charge in [0.15, 0.2) is 17.5 Å². The van der Waals surface area contributed by atoms with E-state index in [9.17, 15) is 4.39 Å². The zero-order chi connectivity index (χ0) is 22.2. The van der Waals surface area contributed by atoms with E-state index in [1.165, 1.54) is 12.1 Å². The van der Waals surface area contributed by atoms with Crippen molar-refractivity contribution in [3.05, 3.63) is 59.1 Å². The molecule has 0 fully saturated rings. The Hall–Kier alpha value is -3.29. The van der Waals surface area contributed by atoms with Crippen LogP contribution in [0, 0.1) is 31.3 Å². The van der Waals surface area contributed by atoms with Crippen LogP contribution in [0.3, 0.4) is 0 Å². The van der Waals surface area contributed by atoms with Crippen molar-refractivity contribution in [3.63, 3.8) is 0 Å². The van der Waals surface area contributed by atoms with E-state index in [1.54, 1.807) is 24.5 Å². The van der Waals surface area contributed by atoms with E-state index in [-0.39, 0.29) is 11.3 Å². The highest BCUT2D eigenvalue weighted by Gasteiger charge is 2.38. The molecule has 8 heteroatoms. The Kier molecular flexibility index (Phi) is 4.03. The van der Waals surface area contributed by atoms with Crippen LogP contribution in [0.4, 0.5) is 18.9 Å². The van der Waals surface area contributed by atoms with Crippen LogP contribution in [-0.4, -0.2) is 19.3 Å². The first-order chi connectivity index (χ1) is 14.7. The van der Waals surface area contributed by atoms with Crippen molar-refractivity contribution >= 4 is 16.6 Å². The Morgan fingerprint density at radius 3 is 2.52 bits per heavy atom. The van der Waals surface area contributed by atoms with Gasteiger partial charge in [-0.3, -0.25) is 4.57 Å². The minimum Gasteiger partial charge on any atom is -0.369 e. The highest BCUT2D eigenvalue weighted by molar-refractivity contribution is 5.98. The van der Waals surface area contributed by atoms with Crippen molar-refractivity contribution in [1.82, 2.24) is 19.3 Å². The quantitative estimate of drug-likeness (QED) is 0.455. The number of nitrogens with zero attached hydrogens (tertiary/aromatic N) is 4. The summed E-state index contributed by atoms with van der Waals surface area (Å²) >= 11 is 0. The summed E-state index contributed by atoms with van der Waals surface area (Å²) in [5, 5.41) is 12.2. The van der Waals surface area contributed by atoms with Crippen molar-refractivity contribution in [2.75, 3.05) is 5.32 Å². The lowest BCUT2D eigenvalue weighted by Gasteiger charge is -2.35. The van der Waals surface area contributed by atoms with E-state index >= 15 is 8.78 Å². The number of aromatic nitrogens is 4. The molecule has 160 valence electrons. The van der Waals surface area contributed by atoms with Crippen LogP contribution in [-0.2, 0) is 12.1 Å². The highest BCUT2D eigenvalue weighted by Crippen LogP contribution is 2.46. The number of fused-ring (bicyclic) bond motifs is 4. The molecule has 0 saturated heterocycles. The summed E-state index contributed by atoms with van der Waals surface area (Å²) in [6.07, 6.45) is 1.82. The van der Waals surface area contributed by atoms with E-state index in [0.717, 1.165) is 0 Å². The minimum absolute atomic E-state index is 0.0372. The van der Waals surface area contributed by atoms with Crippen LogP contribution >= 0.6 is 0 Å². The van der Waals surface area contributed by atoms with Gasteiger partial charge in [0, 0.05) is 23.7 Å². The van der Waals surface area contributed by atoms with Crippen molar-refractivity contribution in [3.8, 4) is 16.8 Å². The maximum absolute atomic E-state index is 15.6. The average molecular weight is 425 g/mol. The Morgan fingerprint density at radius 2 is 1.81 bits per heavy atom. The van der Waals surface area contributed by atoms with E-state index in [4.69, 9.17) is 0 Å². The third-order valence-corrected chi connectivity index (χ3v) is 6.11. The molecule has 0 atom stereocenters. The Labute approximate surface area is 177 Å². The van der Waals surface area contributed by atoms with Gasteiger partial charge >= 0.3 is 0 Å². The van der Waals surface area contributed by atoms with Gasteiger partial charge in [-0.2, -0.15) is 0 Å². The van der Waals surface area contributed by atoms with Crippen LogP contribution in [0.2, 0.25) is 0 Å². The van der Waals surface area contributed by atoms with Gasteiger partial charge in [0.2, 0.25) is 0 Å².